The highest BCUT2D eigenvalue weighted by atomic mass is 16.3. The molecule has 1 fully saturated rings. The Kier molecular flexibility index (Phi) is 2.16. The number of carbonyl (C=O) groups excluding carboxylic acids is 1. The van der Waals surface area contributed by atoms with Crippen molar-refractivity contribution in [3.8, 4) is 0 Å². The number of aliphatic hydroxyl groups excluding tert-OH is 1. The number of likely N-dealkylation sites (tertiary alicyclic amines) is 1. The molecule has 1 aromatic rings. The van der Waals surface area contributed by atoms with Crippen molar-refractivity contribution < 1.29 is 14.3 Å². The molecule has 1 aliphatic rings. The van der Waals surface area contributed by atoms with Gasteiger partial charge in [0.15, 0.2) is 12.0 Å². The van der Waals surface area contributed by atoms with Gasteiger partial charge in [0.2, 0.25) is 0 Å². The first kappa shape index (κ1) is 8.47. The van der Waals surface area contributed by atoms with Crippen LogP contribution >= 0.6 is 0 Å². The maximum absolute atomic E-state index is 10.3. The van der Waals surface area contributed by atoms with Crippen molar-refractivity contribution in [2.75, 3.05) is 13.1 Å². The van der Waals surface area contributed by atoms with Gasteiger partial charge in [0.25, 0.3) is 0 Å². The van der Waals surface area contributed by atoms with Crippen molar-refractivity contribution in [2.45, 2.75) is 12.6 Å². The molecule has 13 heavy (non-hydrogen) atoms. The highest BCUT2D eigenvalue weighted by Gasteiger charge is 2.24. The third-order valence-electron chi connectivity index (χ3n) is 2.12. The van der Waals surface area contributed by atoms with Crippen molar-refractivity contribution in [1.29, 1.82) is 0 Å². The molecular weight excluding hydrogens is 170 g/mol. The van der Waals surface area contributed by atoms with E-state index in [0.29, 0.717) is 31.7 Å². The maximum atomic E-state index is 10.3. The lowest BCUT2D eigenvalue weighted by molar-refractivity contribution is -0.00637. The van der Waals surface area contributed by atoms with Gasteiger partial charge in [-0.15, -0.1) is 0 Å². The van der Waals surface area contributed by atoms with Gasteiger partial charge in [0, 0.05) is 13.1 Å². The number of aliphatic hydroxyl groups is 1. The van der Waals surface area contributed by atoms with Crippen molar-refractivity contribution in [3.63, 3.8) is 0 Å². The van der Waals surface area contributed by atoms with E-state index in [1.54, 1.807) is 12.1 Å². The first-order valence-electron chi connectivity index (χ1n) is 4.22. The van der Waals surface area contributed by atoms with Gasteiger partial charge in [-0.25, -0.2) is 0 Å². The Morgan fingerprint density at radius 1 is 1.62 bits per heavy atom. The zero-order valence-corrected chi connectivity index (χ0v) is 7.14. The zero-order valence-electron chi connectivity index (χ0n) is 7.14. The second-order valence-corrected chi connectivity index (χ2v) is 3.27. The highest BCUT2D eigenvalue weighted by Crippen LogP contribution is 2.14. The number of carbonyl (C=O) groups is 1. The third-order valence-corrected chi connectivity index (χ3v) is 2.12. The van der Waals surface area contributed by atoms with Crippen LogP contribution in [0.25, 0.3) is 0 Å². The Morgan fingerprint density at radius 2 is 2.38 bits per heavy atom. The molecule has 0 radical (unpaired) electrons. The zero-order chi connectivity index (χ0) is 9.26. The van der Waals surface area contributed by atoms with Crippen LogP contribution in [0.1, 0.15) is 16.3 Å². The van der Waals surface area contributed by atoms with Crippen LogP contribution in [-0.4, -0.2) is 35.5 Å². The first-order chi connectivity index (χ1) is 6.28. The van der Waals surface area contributed by atoms with E-state index in [1.165, 1.54) is 0 Å². The highest BCUT2D eigenvalue weighted by molar-refractivity contribution is 5.70. The van der Waals surface area contributed by atoms with Gasteiger partial charge in [0.05, 0.1) is 12.6 Å². The van der Waals surface area contributed by atoms with E-state index in [-0.39, 0.29) is 6.10 Å². The lowest BCUT2D eigenvalue weighted by Crippen LogP contribution is -2.49. The quantitative estimate of drug-likeness (QED) is 0.680. The summed E-state index contributed by atoms with van der Waals surface area (Å²) in [5.41, 5.74) is 0. The van der Waals surface area contributed by atoms with Gasteiger partial charge in [-0.2, -0.15) is 0 Å². The van der Waals surface area contributed by atoms with Crippen LogP contribution in [0.2, 0.25) is 0 Å². The van der Waals surface area contributed by atoms with E-state index in [9.17, 15) is 4.79 Å². The van der Waals surface area contributed by atoms with E-state index in [1.807, 2.05) is 0 Å². The number of aldehydes is 1. The minimum Gasteiger partial charge on any atom is -0.457 e. The Bertz CT molecular complexity index is 302. The molecule has 0 amide bonds. The fourth-order valence-corrected chi connectivity index (χ4v) is 1.43. The number of β-amino-alcohol motifs (C(OH)–C–C–N with tert-alkyl or cyclic N) is 1. The Labute approximate surface area is 75.8 Å². The summed E-state index contributed by atoms with van der Waals surface area (Å²) < 4.78 is 5.18. The third kappa shape index (κ3) is 1.79. The molecule has 0 spiro atoms. The summed E-state index contributed by atoms with van der Waals surface area (Å²) in [5, 5.41) is 9.02. The molecule has 1 N–H and O–H groups in total. The molecule has 2 heterocycles. The molecule has 0 saturated carbocycles. The van der Waals surface area contributed by atoms with E-state index in [2.05, 4.69) is 4.90 Å². The predicted molar refractivity (Wildman–Crippen MR) is 45.4 cm³/mol. The summed E-state index contributed by atoms with van der Waals surface area (Å²) in [6.45, 7) is 2.05. The van der Waals surface area contributed by atoms with Crippen LogP contribution in [0.15, 0.2) is 16.5 Å². The molecule has 0 aliphatic carbocycles. The van der Waals surface area contributed by atoms with Crippen molar-refractivity contribution in [2.24, 2.45) is 0 Å². The van der Waals surface area contributed by atoms with Crippen LogP contribution in [0.5, 0.6) is 0 Å². The number of furan rings is 1. The average Bonchev–Trinajstić information content (AvgIpc) is 2.50. The fraction of sp³-hybridized carbons (Fsp3) is 0.444. The fourth-order valence-electron chi connectivity index (χ4n) is 1.43. The molecule has 2 rings (SSSR count). The minimum atomic E-state index is -0.194. The molecule has 4 heteroatoms. The van der Waals surface area contributed by atoms with Gasteiger partial charge in [0.1, 0.15) is 5.76 Å². The predicted octanol–water partition coefficient (Wildman–Crippen LogP) is 0.269. The number of nitrogens with zero attached hydrogens (tertiary/aromatic N) is 1. The number of rotatable bonds is 3. The standard InChI is InChI=1S/C9H11NO3/c11-6-9-2-1-8(13-9)5-10-3-7(12)4-10/h1-2,6-7,12H,3-5H2. The first-order valence-corrected chi connectivity index (χ1v) is 4.22. The van der Waals surface area contributed by atoms with E-state index >= 15 is 0 Å². The summed E-state index contributed by atoms with van der Waals surface area (Å²) in [6, 6.07) is 3.44. The molecule has 4 nitrogen and oxygen atoms in total. The normalized spacial score (nSPS) is 18.5. The Hall–Kier alpha value is -1.13. The summed E-state index contributed by atoms with van der Waals surface area (Å²) in [5.74, 6) is 1.13. The lowest BCUT2D eigenvalue weighted by atomic mass is 10.1. The topological polar surface area (TPSA) is 53.7 Å². The summed E-state index contributed by atoms with van der Waals surface area (Å²) >= 11 is 0. The van der Waals surface area contributed by atoms with Crippen LogP contribution < -0.4 is 0 Å². The molecule has 1 aliphatic heterocycles. The monoisotopic (exact) mass is 181 g/mol. The van der Waals surface area contributed by atoms with Crippen molar-refractivity contribution >= 4 is 6.29 Å². The van der Waals surface area contributed by atoms with Gasteiger partial charge >= 0.3 is 0 Å². The van der Waals surface area contributed by atoms with Gasteiger partial charge in [-0.3, -0.25) is 9.69 Å². The van der Waals surface area contributed by atoms with Crippen molar-refractivity contribution in [3.05, 3.63) is 23.7 Å². The molecule has 0 atom stereocenters. The summed E-state index contributed by atoms with van der Waals surface area (Å²) in [7, 11) is 0. The molecule has 0 aromatic carbocycles. The largest absolute Gasteiger partial charge is 0.457 e. The van der Waals surface area contributed by atoms with Gasteiger partial charge in [-0.05, 0) is 12.1 Å². The van der Waals surface area contributed by atoms with Crippen molar-refractivity contribution in [1.82, 2.24) is 4.90 Å². The number of hydrogen-bond donors (Lipinski definition) is 1. The second-order valence-electron chi connectivity index (χ2n) is 3.27. The molecule has 0 unspecified atom stereocenters. The Balaban J connectivity index is 1.91. The minimum absolute atomic E-state index is 0.194. The van der Waals surface area contributed by atoms with E-state index in [0.717, 1.165) is 5.76 Å². The van der Waals surface area contributed by atoms with E-state index in [4.69, 9.17) is 9.52 Å². The van der Waals surface area contributed by atoms with Gasteiger partial charge < -0.3 is 9.52 Å². The maximum Gasteiger partial charge on any atom is 0.185 e. The van der Waals surface area contributed by atoms with Crippen LogP contribution in [0.4, 0.5) is 0 Å². The van der Waals surface area contributed by atoms with Crippen LogP contribution in [0, 0.1) is 0 Å². The van der Waals surface area contributed by atoms with Crippen LogP contribution in [0.3, 0.4) is 0 Å². The molecular formula is C9H11NO3. The molecule has 1 saturated heterocycles. The molecule has 1 aromatic heterocycles. The van der Waals surface area contributed by atoms with Gasteiger partial charge in [-0.1, -0.05) is 0 Å². The summed E-state index contributed by atoms with van der Waals surface area (Å²) in [4.78, 5) is 12.3. The SMILES string of the molecule is O=Cc1ccc(CN2CC(O)C2)o1. The average molecular weight is 181 g/mol. The second kappa shape index (κ2) is 3.32. The van der Waals surface area contributed by atoms with E-state index < -0.39 is 0 Å². The number of hydrogen-bond acceptors (Lipinski definition) is 4. The smallest absolute Gasteiger partial charge is 0.185 e. The van der Waals surface area contributed by atoms with Crippen LogP contribution in [-0.2, 0) is 6.54 Å². The molecule has 70 valence electrons. The summed E-state index contributed by atoms with van der Waals surface area (Å²) in [6.07, 6.45) is 0.495. The molecule has 0 bridgehead atoms. The Morgan fingerprint density at radius 3 is 2.92 bits per heavy atom. The lowest BCUT2D eigenvalue weighted by Gasteiger charge is -2.34.